The molecule has 1 amide bonds. The van der Waals surface area contributed by atoms with Gasteiger partial charge in [0.2, 0.25) is 0 Å². The Morgan fingerprint density at radius 3 is 3.15 bits per heavy atom. The fourth-order valence-corrected chi connectivity index (χ4v) is 2.98. The molecular formula is C12H15N5O2S. The molecule has 20 heavy (non-hydrogen) atoms. The molecule has 0 N–H and O–H groups in total. The van der Waals surface area contributed by atoms with E-state index in [4.69, 9.17) is 4.74 Å². The highest BCUT2D eigenvalue weighted by molar-refractivity contribution is 7.03. The fraction of sp³-hybridized carbons (Fsp3) is 0.500. The van der Waals surface area contributed by atoms with Crippen LogP contribution in [0.1, 0.15) is 27.7 Å². The van der Waals surface area contributed by atoms with Gasteiger partial charge in [0.1, 0.15) is 0 Å². The van der Waals surface area contributed by atoms with Crippen molar-refractivity contribution < 1.29 is 9.53 Å². The summed E-state index contributed by atoms with van der Waals surface area (Å²) in [7, 11) is 3.55. The molecule has 0 saturated carbocycles. The highest BCUT2D eigenvalue weighted by atomic mass is 32.1. The van der Waals surface area contributed by atoms with E-state index >= 15 is 0 Å². The molecule has 3 rings (SSSR count). The van der Waals surface area contributed by atoms with Crippen molar-refractivity contribution in [1.82, 2.24) is 24.3 Å². The van der Waals surface area contributed by atoms with E-state index in [0.717, 1.165) is 11.3 Å². The zero-order chi connectivity index (χ0) is 14.1. The van der Waals surface area contributed by atoms with E-state index in [9.17, 15) is 4.79 Å². The molecule has 3 heterocycles. The van der Waals surface area contributed by atoms with Gasteiger partial charge in [0.05, 0.1) is 12.3 Å². The van der Waals surface area contributed by atoms with Gasteiger partial charge < -0.3 is 9.64 Å². The Morgan fingerprint density at radius 2 is 2.45 bits per heavy atom. The summed E-state index contributed by atoms with van der Waals surface area (Å²) in [4.78, 5) is 14.2. The maximum Gasteiger partial charge on any atom is 0.275 e. The third-order valence-corrected chi connectivity index (χ3v) is 3.86. The van der Waals surface area contributed by atoms with Gasteiger partial charge in [-0.05, 0) is 11.5 Å². The summed E-state index contributed by atoms with van der Waals surface area (Å²) in [5.41, 5.74) is 2.49. The maximum absolute atomic E-state index is 12.4. The summed E-state index contributed by atoms with van der Waals surface area (Å²) < 4.78 is 10.8. The van der Waals surface area contributed by atoms with Gasteiger partial charge in [-0.25, -0.2) is 0 Å². The molecule has 0 aliphatic carbocycles. The van der Waals surface area contributed by atoms with Gasteiger partial charge in [-0.3, -0.25) is 9.48 Å². The van der Waals surface area contributed by atoms with E-state index < -0.39 is 0 Å². The van der Waals surface area contributed by atoms with Gasteiger partial charge in [0.25, 0.3) is 5.91 Å². The van der Waals surface area contributed by atoms with Gasteiger partial charge in [0, 0.05) is 50.3 Å². The molecule has 106 valence electrons. The SMILES string of the molecule is COCC1CN(C(=O)c2csnn2)Cc2cn(C)nc21. The number of carbonyl (C=O) groups is 1. The van der Waals surface area contributed by atoms with Crippen LogP contribution >= 0.6 is 11.5 Å². The second-order valence-electron chi connectivity index (χ2n) is 4.84. The molecule has 1 unspecified atom stereocenters. The minimum atomic E-state index is -0.0886. The van der Waals surface area contributed by atoms with Crippen LogP contribution in [0.4, 0.5) is 0 Å². The van der Waals surface area contributed by atoms with Gasteiger partial charge >= 0.3 is 0 Å². The van der Waals surface area contributed by atoms with Crippen LogP contribution in [0.15, 0.2) is 11.6 Å². The molecule has 2 aromatic heterocycles. The van der Waals surface area contributed by atoms with E-state index in [2.05, 4.69) is 14.7 Å². The molecule has 8 heteroatoms. The minimum Gasteiger partial charge on any atom is -0.384 e. The van der Waals surface area contributed by atoms with Crippen molar-refractivity contribution in [3.8, 4) is 0 Å². The molecule has 0 radical (unpaired) electrons. The Kier molecular flexibility index (Phi) is 3.49. The Bertz CT molecular complexity index is 609. The molecule has 0 fully saturated rings. The van der Waals surface area contributed by atoms with E-state index in [-0.39, 0.29) is 11.8 Å². The number of amides is 1. The van der Waals surface area contributed by atoms with Crippen LogP contribution in [0.5, 0.6) is 0 Å². The molecule has 1 atom stereocenters. The Balaban J connectivity index is 1.87. The van der Waals surface area contributed by atoms with Gasteiger partial charge in [0.15, 0.2) is 5.69 Å². The molecule has 0 saturated heterocycles. The van der Waals surface area contributed by atoms with E-state index in [1.807, 2.05) is 13.2 Å². The first-order valence-corrected chi connectivity index (χ1v) is 7.10. The Labute approximate surface area is 120 Å². The molecule has 0 spiro atoms. The minimum absolute atomic E-state index is 0.0886. The number of ether oxygens (including phenoxy) is 1. The summed E-state index contributed by atoms with van der Waals surface area (Å²) in [5.74, 6) is 0.00912. The van der Waals surface area contributed by atoms with Crippen molar-refractivity contribution in [3.05, 3.63) is 28.5 Å². The summed E-state index contributed by atoms with van der Waals surface area (Å²) >= 11 is 1.18. The number of aromatic nitrogens is 4. The number of methoxy groups -OCH3 is 1. The van der Waals surface area contributed by atoms with Crippen molar-refractivity contribution in [2.45, 2.75) is 12.5 Å². The Morgan fingerprint density at radius 1 is 1.60 bits per heavy atom. The second kappa shape index (κ2) is 5.29. The lowest BCUT2D eigenvalue weighted by atomic mass is 9.97. The normalized spacial score (nSPS) is 18.1. The lowest BCUT2D eigenvalue weighted by molar-refractivity contribution is 0.0673. The maximum atomic E-state index is 12.4. The average molecular weight is 293 g/mol. The second-order valence-corrected chi connectivity index (χ2v) is 5.45. The van der Waals surface area contributed by atoms with Crippen LogP contribution in [-0.4, -0.2) is 50.4 Å². The standard InChI is InChI=1S/C12H15N5O2S/c1-16-3-8-4-17(12(18)10-7-20-15-13-10)5-9(6-19-2)11(8)14-16/h3,7,9H,4-6H2,1-2H3. The Hall–Kier alpha value is -1.80. The predicted octanol–water partition coefficient (Wildman–Crippen LogP) is 0.658. The number of aryl methyl sites for hydroxylation is 1. The number of fused-ring (bicyclic) bond motifs is 1. The van der Waals surface area contributed by atoms with Crippen molar-refractivity contribution in [2.75, 3.05) is 20.3 Å². The monoisotopic (exact) mass is 293 g/mol. The lowest BCUT2D eigenvalue weighted by Crippen LogP contribution is -2.39. The van der Waals surface area contributed by atoms with E-state index in [1.165, 1.54) is 11.5 Å². The number of carbonyl (C=O) groups excluding carboxylic acids is 1. The predicted molar refractivity (Wildman–Crippen MR) is 72.5 cm³/mol. The quantitative estimate of drug-likeness (QED) is 0.831. The van der Waals surface area contributed by atoms with Crippen molar-refractivity contribution >= 4 is 17.4 Å². The van der Waals surface area contributed by atoms with E-state index in [1.54, 1.807) is 22.1 Å². The molecule has 0 aromatic carbocycles. The first-order chi connectivity index (χ1) is 9.69. The van der Waals surface area contributed by atoms with Gasteiger partial charge in [-0.2, -0.15) is 5.10 Å². The zero-order valence-electron chi connectivity index (χ0n) is 11.3. The van der Waals surface area contributed by atoms with Crippen LogP contribution in [0, 0.1) is 0 Å². The molecule has 1 aliphatic rings. The smallest absolute Gasteiger partial charge is 0.275 e. The van der Waals surface area contributed by atoms with Crippen molar-refractivity contribution in [3.63, 3.8) is 0 Å². The third kappa shape index (κ3) is 2.32. The van der Waals surface area contributed by atoms with Crippen LogP contribution in [0.3, 0.4) is 0 Å². The first-order valence-electron chi connectivity index (χ1n) is 6.26. The molecule has 0 bridgehead atoms. The lowest BCUT2D eigenvalue weighted by Gasteiger charge is -2.31. The fourth-order valence-electron chi connectivity index (χ4n) is 2.55. The van der Waals surface area contributed by atoms with Crippen molar-refractivity contribution in [1.29, 1.82) is 0 Å². The van der Waals surface area contributed by atoms with Crippen LogP contribution in [0.25, 0.3) is 0 Å². The van der Waals surface area contributed by atoms with Gasteiger partial charge in [-0.1, -0.05) is 4.49 Å². The number of rotatable bonds is 3. The number of hydrogen-bond donors (Lipinski definition) is 0. The van der Waals surface area contributed by atoms with Crippen LogP contribution in [0.2, 0.25) is 0 Å². The summed E-state index contributed by atoms with van der Waals surface area (Å²) in [6, 6.07) is 0. The molecular weight excluding hydrogens is 278 g/mol. The highest BCUT2D eigenvalue weighted by Crippen LogP contribution is 2.28. The van der Waals surface area contributed by atoms with Crippen LogP contribution in [-0.2, 0) is 18.3 Å². The highest BCUT2D eigenvalue weighted by Gasteiger charge is 2.31. The van der Waals surface area contributed by atoms with Gasteiger partial charge in [-0.15, -0.1) is 5.10 Å². The van der Waals surface area contributed by atoms with Crippen molar-refractivity contribution in [2.24, 2.45) is 7.05 Å². The molecule has 2 aromatic rings. The third-order valence-electron chi connectivity index (χ3n) is 3.36. The van der Waals surface area contributed by atoms with E-state index in [0.29, 0.717) is 25.4 Å². The average Bonchev–Trinajstić information content (AvgIpc) is 3.06. The summed E-state index contributed by atoms with van der Waals surface area (Å²) in [5, 5.41) is 10.0. The summed E-state index contributed by atoms with van der Waals surface area (Å²) in [6.45, 7) is 1.69. The summed E-state index contributed by atoms with van der Waals surface area (Å²) in [6.07, 6.45) is 1.96. The zero-order valence-corrected chi connectivity index (χ0v) is 12.1. The first kappa shape index (κ1) is 13.2. The number of nitrogens with zero attached hydrogens (tertiary/aromatic N) is 5. The topological polar surface area (TPSA) is 73.1 Å². The largest absolute Gasteiger partial charge is 0.384 e. The number of hydrogen-bond acceptors (Lipinski definition) is 6. The van der Waals surface area contributed by atoms with Crippen LogP contribution < -0.4 is 0 Å². The molecule has 7 nitrogen and oxygen atoms in total. The molecule has 1 aliphatic heterocycles.